The van der Waals surface area contributed by atoms with Crippen LogP contribution in [0.15, 0.2) is 64.1 Å². The van der Waals surface area contributed by atoms with Gasteiger partial charge in [-0.1, -0.05) is 6.07 Å². The van der Waals surface area contributed by atoms with Gasteiger partial charge in [-0.05, 0) is 85.8 Å². The number of fused-ring (bicyclic) bond motifs is 1. The molecule has 6 nitrogen and oxygen atoms in total. The number of nitrogens with zero attached hydrogens (tertiary/aromatic N) is 1. The number of rotatable bonds is 4. The molecule has 3 aromatic rings. The van der Waals surface area contributed by atoms with E-state index in [4.69, 9.17) is 4.42 Å². The Morgan fingerprint density at radius 1 is 1.07 bits per heavy atom. The molecule has 0 saturated heterocycles. The molecule has 0 spiro atoms. The number of nitrogens with one attached hydrogen (secondary N) is 1. The monoisotopic (exact) mass is 410 g/mol. The van der Waals surface area contributed by atoms with Gasteiger partial charge in [-0.3, -0.25) is 9.52 Å². The van der Waals surface area contributed by atoms with Crippen molar-refractivity contribution in [3.63, 3.8) is 0 Å². The third-order valence-electron chi connectivity index (χ3n) is 5.22. The quantitative estimate of drug-likeness (QED) is 0.696. The first kappa shape index (κ1) is 19.3. The summed E-state index contributed by atoms with van der Waals surface area (Å²) in [5, 5.41) is 0. The Bertz CT molecular complexity index is 1170. The van der Waals surface area contributed by atoms with Crippen LogP contribution in [0.4, 0.5) is 11.4 Å². The standard InChI is InChI=1S/C22H22N2O4S/c1-15-7-9-19(13-16(15)2)29(26,27)23-18-8-10-20-17(14-18)5-3-11-24(20)22(25)21-6-4-12-28-21/h4,6-10,12-14,23H,3,5,11H2,1-2H3. The van der Waals surface area contributed by atoms with Gasteiger partial charge in [-0.2, -0.15) is 0 Å². The van der Waals surface area contributed by atoms with Crippen LogP contribution in [-0.2, 0) is 16.4 Å². The van der Waals surface area contributed by atoms with Crippen molar-refractivity contribution in [1.82, 2.24) is 0 Å². The van der Waals surface area contributed by atoms with E-state index in [1.807, 2.05) is 13.8 Å². The maximum absolute atomic E-state index is 12.8. The van der Waals surface area contributed by atoms with Crippen LogP contribution in [0.3, 0.4) is 0 Å². The van der Waals surface area contributed by atoms with E-state index < -0.39 is 10.0 Å². The molecule has 0 unspecified atom stereocenters. The van der Waals surface area contributed by atoms with Crippen LogP contribution in [0.5, 0.6) is 0 Å². The minimum Gasteiger partial charge on any atom is -0.459 e. The summed E-state index contributed by atoms with van der Waals surface area (Å²) in [6.07, 6.45) is 3.05. The molecule has 0 atom stereocenters. The first-order chi connectivity index (χ1) is 13.8. The van der Waals surface area contributed by atoms with Gasteiger partial charge in [0, 0.05) is 17.9 Å². The Labute approximate surface area is 170 Å². The van der Waals surface area contributed by atoms with Crippen molar-refractivity contribution < 1.29 is 17.6 Å². The first-order valence-corrected chi connectivity index (χ1v) is 10.9. The van der Waals surface area contributed by atoms with E-state index in [0.29, 0.717) is 12.2 Å². The van der Waals surface area contributed by atoms with Crippen LogP contribution >= 0.6 is 0 Å². The van der Waals surface area contributed by atoms with E-state index in [-0.39, 0.29) is 16.6 Å². The Hall–Kier alpha value is -3.06. The molecule has 0 fully saturated rings. The summed E-state index contributed by atoms with van der Waals surface area (Å²) in [6.45, 7) is 4.43. The van der Waals surface area contributed by atoms with Crippen LogP contribution in [0.2, 0.25) is 0 Å². The summed E-state index contributed by atoms with van der Waals surface area (Å²) in [5.74, 6) is 0.0942. The lowest BCUT2D eigenvalue weighted by Gasteiger charge is -2.29. The second-order valence-corrected chi connectivity index (χ2v) is 8.92. The highest BCUT2D eigenvalue weighted by atomic mass is 32.2. The van der Waals surface area contributed by atoms with E-state index in [1.165, 1.54) is 6.26 Å². The lowest BCUT2D eigenvalue weighted by Crippen LogP contribution is -2.35. The van der Waals surface area contributed by atoms with Gasteiger partial charge in [0.25, 0.3) is 15.9 Å². The zero-order valence-electron chi connectivity index (χ0n) is 16.3. The van der Waals surface area contributed by atoms with Gasteiger partial charge >= 0.3 is 0 Å². The lowest BCUT2D eigenvalue weighted by molar-refractivity contribution is 0.0958. The molecule has 7 heteroatoms. The van der Waals surface area contributed by atoms with E-state index in [9.17, 15) is 13.2 Å². The van der Waals surface area contributed by atoms with Crippen LogP contribution in [0, 0.1) is 13.8 Å². The predicted octanol–water partition coefficient (Wildman–Crippen LogP) is 4.29. The SMILES string of the molecule is Cc1ccc(S(=O)(=O)Nc2ccc3c(c2)CCCN3C(=O)c2ccco2)cc1C. The number of amides is 1. The smallest absolute Gasteiger partial charge is 0.293 e. The number of carbonyl (C=O) groups is 1. The number of carbonyl (C=O) groups excluding carboxylic acids is 1. The molecule has 2 heterocycles. The second kappa shape index (κ2) is 7.40. The van der Waals surface area contributed by atoms with Crippen LogP contribution < -0.4 is 9.62 Å². The van der Waals surface area contributed by atoms with Crippen molar-refractivity contribution in [1.29, 1.82) is 0 Å². The predicted molar refractivity (Wildman–Crippen MR) is 112 cm³/mol. The minimum atomic E-state index is -3.69. The maximum atomic E-state index is 12.8. The molecule has 0 radical (unpaired) electrons. The number of aryl methyl sites for hydroxylation is 3. The van der Waals surface area contributed by atoms with Gasteiger partial charge in [-0.25, -0.2) is 8.42 Å². The highest BCUT2D eigenvalue weighted by Gasteiger charge is 2.26. The van der Waals surface area contributed by atoms with Gasteiger partial charge in [0.05, 0.1) is 11.2 Å². The number of benzene rings is 2. The van der Waals surface area contributed by atoms with Crippen LogP contribution in [-0.4, -0.2) is 20.9 Å². The Kier molecular flexibility index (Phi) is 4.92. The van der Waals surface area contributed by atoms with Crippen molar-refractivity contribution in [2.75, 3.05) is 16.2 Å². The van der Waals surface area contributed by atoms with Crippen molar-refractivity contribution >= 4 is 27.3 Å². The molecule has 0 aliphatic carbocycles. The van der Waals surface area contributed by atoms with Gasteiger partial charge in [0.15, 0.2) is 5.76 Å². The Morgan fingerprint density at radius 2 is 1.90 bits per heavy atom. The molecule has 1 amide bonds. The van der Waals surface area contributed by atoms with E-state index in [1.54, 1.807) is 53.4 Å². The number of hydrogen-bond donors (Lipinski definition) is 1. The van der Waals surface area contributed by atoms with E-state index >= 15 is 0 Å². The number of sulfonamides is 1. The minimum absolute atomic E-state index is 0.195. The molecule has 150 valence electrons. The molecule has 1 aliphatic rings. The average Bonchev–Trinajstić information content (AvgIpc) is 3.23. The van der Waals surface area contributed by atoms with Crippen molar-refractivity contribution in [3.05, 3.63) is 77.2 Å². The van der Waals surface area contributed by atoms with Crippen LogP contribution in [0.1, 0.15) is 33.7 Å². The lowest BCUT2D eigenvalue weighted by atomic mass is 10.0. The van der Waals surface area contributed by atoms with Gasteiger partial charge < -0.3 is 9.32 Å². The first-order valence-electron chi connectivity index (χ1n) is 9.43. The van der Waals surface area contributed by atoms with E-state index in [0.717, 1.165) is 35.2 Å². The molecule has 1 N–H and O–H groups in total. The highest BCUT2D eigenvalue weighted by molar-refractivity contribution is 7.92. The number of anilines is 2. The van der Waals surface area contributed by atoms with Crippen molar-refractivity contribution in [2.45, 2.75) is 31.6 Å². The maximum Gasteiger partial charge on any atom is 0.293 e. The normalized spacial score (nSPS) is 13.8. The second-order valence-electron chi connectivity index (χ2n) is 7.23. The average molecular weight is 410 g/mol. The largest absolute Gasteiger partial charge is 0.459 e. The van der Waals surface area contributed by atoms with Crippen molar-refractivity contribution in [2.24, 2.45) is 0 Å². The molecular formula is C22H22N2O4S. The van der Waals surface area contributed by atoms with Crippen molar-refractivity contribution in [3.8, 4) is 0 Å². The molecule has 4 rings (SSSR count). The summed E-state index contributed by atoms with van der Waals surface area (Å²) in [5.41, 5.74) is 4.15. The number of furan rings is 1. The summed E-state index contributed by atoms with van der Waals surface area (Å²) in [7, 11) is -3.69. The molecule has 1 aromatic heterocycles. The third kappa shape index (κ3) is 3.78. The summed E-state index contributed by atoms with van der Waals surface area (Å²) < 4.78 is 33.4. The summed E-state index contributed by atoms with van der Waals surface area (Å²) in [4.78, 5) is 14.6. The molecule has 29 heavy (non-hydrogen) atoms. The fourth-order valence-corrected chi connectivity index (χ4v) is 4.63. The fraction of sp³-hybridized carbons (Fsp3) is 0.227. The fourth-order valence-electron chi connectivity index (χ4n) is 3.50. The molecule has 0 saturated carbocycles. The zero-order valence-corrected chi connectivity index (χ0v) is 17.1. The van der Waals surface area contributed by atoms with Crippen LogP contribution in [0.25, 0.3) is 0 Å². The summed E-state index contributed by atoms with van der Waals surface area (Å²) >= 11 is 0. The molecule has 1 aliphatic heterocycles. The molecule has 2 aromatic carbocycles. The third-order valence-corrected chi connectivity index (χ3v) is 6.60. The van der Waals surface area contributed by atoms with Gasteiger partial charge in [0.1, 0.15) is 0 Å². The van der Waals surface area contributed by atoms with Gasteiger partial charge in [-0.15, -0.1) is 0 Å². The molecular weight excluding hydrogens is 388 g/mol. The van der Waals surface area contributed by atoms with Gasteiger partial charge in [0.2, 0.25) is 0 Å². The zero-order chi connectivity index (χ0) is 20.6. The molecule has 0 bridgehead atoms. The Morgan fingerprint density at radius 3 is 2.62 bits per heavy atom. The number of hydrogen-bond acceptors (Lipinski definition) is 4. The summed E-state index contributed by atoms with van der Waals surface area (Å²) in [6, 6.07) is 13.7. The van der Waals surface area contributed by atoms with E-state index in [2.05, 4.69) is 4.72 Å². The topological polar surface area (TPSA) is 79.6 Å². The highest BCUT2D eigenvalue weighted by Crippen LogP contribution is 2.31. The Balaban J connectivity index is 1.61.